The van der Waals surface area contributed by atoms with E-state index in [4.69, 9.17) is 9.47 Å². The molecular weight excluding hydrogens is 469 g/mol. The van der Waals surface area contributed by atoms with Crippen LogP contribution in [0.25, 0.3) is 0 Å². The van der Waals surface area contributed by atoms with Crippen molar-refractivity contribution in [3.05, 3.63) is 57.8 Å². The van der Waals surface area contributed by atoms with Gasteiger partial charge in [-0.1, -0.05) is 26.0 Å². The van der Waals surface area contributed by atoms with Crippen molar-refractivity contribution >= 4 is 34.0 Å². The maximum absolute atomic E-state index is 13.8. The van der Waals surface area contributed by atoms with Gasteiger partial charge in [-0.3, -0.25) is 9.59 Å². The second kappa shape index (κ2) is 11.5. The number of methoxy groups -OCH3 is 1. The van der Waals surface area contributed by atoms with Crippen molar-refractivity contribution in [2.24, 2.45) is 11.0 Å². The number of carbonyl (C=O) groups is 2. The SMILES string of the molecule is CCOc1c(Br)cc(/C=N/NC(=O)C(NC(=O)c2ccccc2F)C(C)C)cc1OC. The van der Waals surface area contributed by atoms with Gasteiger partial charge in [-0.25, -0.2) is 9.82 Å². The van der Waals surface area contributed by atoms with E-state index in [1.807, 2.05) is 6.92 Å². The Morgan fingerprint density at radius 2 is 1.97 bits per heavy atom. The third-order valence-corrected chi connectivity index (χ3v) is 4.87. The van der Waals surface area contributed by atoms with E-state index >= 15 is 0 Å². The second-order valence-electron chi connectivity index (χ2n) is 6.88. The van der Waals surface area contributed by atoms with E-state index in [1.165, 1.54) is 31.5 Å². The molecule has 0 heterocycles. The number of carbonyl (C=O) groups excluding carboxylic acids is 2. The van der Waals surface area contributed by atoms with Gasteiger partial charge >= 0.3 is 0 Å². The summed E-state index contributed by atoms with van der Waals surface area (Å²) < 4.78 is 25.4. The normalized spacial score (nSPS) is 12.0. The molecule has 0 aliphatic rings. The van der Waals surface area contributed by atoms with Crippen LogP contribution >= 0.6 is 15.9 Å². The number of nitrogens with zero attached hydrogens (tertiary/aromatic N) is 1. The van der Waals surface area contributed by atoms with Crippen LogP contribution in [-0.2, 0) is 4.79 Å². The third-order valence-electron chi connectivity index (χ3n) is 4.28. The lowest BCUT2D eigenvalue weighted by molar-refractivity contribution is -0.123. The molecule has 31 heavy (non-hydrogen) atoms. The summed E-state index contributed by atoms with van der Waals surface area (Å²) in [6.07, 6.45) is 1.44. The Balaban J connectivity index is 2.10. The number of rotatable bonds is 9. The first-order chi connectivity index (χ1) is 14.8. The molecule has 0 radical (unpaired) electrons. The Labute approximate surface area is 189 Å². The van der Waals surface area contributed by atoms with Crippen LogP contribution in [0.15, 0.2) is 46.0 Å². The average Bonchev–Trinajstić information content (AvgIpc) is 2.73. The highest BCUT2D eigenvalue weighted by Gasteiger charge is 2.25. The van der Waals surface area contributed by atoms with Gasteiger partial charge < -0.3 is 14.8 Å². The van der Waals surface area contributed by atoms with Crippen LogP contribution in [0.1, 0.15) is 36.7 Å². The number of hydrazone groups is 1. The highest BCUT2D eigenvalue weighted by molar-refractivity contribution is 9.10. The molecule has 2 aromatic carbocycles. The van der Waals surface area contributed by atoms with E-state index in [9.17, 15) is 14.0 Å². The van der Waals surface area contributed by atoms with Crippen molar-refractivity contribution in [3.8, 4) is 11.5 Å². The minimum absolute atomic E-state index is 0.129. The Bertz CT molecular complexity index is 966. The largest absolute Gasteiger partial charge is 0.493 e. The summed E-state index contributed by atoms with van der Waals surface area (Å²) in [5, 5.41) is 6.53. The summed E-state index contributed by atoms with van der Waals surface area (Å²) in [5.74, 6) is -1.01. The number of amides is 2. The number of benzene rings is 2. The standard InChI is InChI=1S/C22H25BrFN3O4/c1-5-31-20-16(23)10-14(11-18(20)30-4)12-25-27-22(29)19(13(2)3)26-21(28)15-8-6-7-9-17(15)24/h6-13,19H,5H2,1-4H3,(H,26,28)(H,27,29)/b25-12+. The van der Waals surface area contributed by atoms with Crippen molar-refractivity contribution in [2.75, 3.05) is 13.7 Å². The van der Waals surface area contributed by atoms with E-state index in [0.29, 0.717) is 28.1 Å². The maximum Gasteiger partial charge on any atom is 0.262 e. The Hall–Kier alpha value is -2.94. The molecule has 2 aromatic rings. The summed E-state index contributed by atoms with van der Waals surface area (Å²) in [6.45, 7) is 5.88. The van der Waals surface area contributed by atoms with Crippen LogP contribution in [0.5, 0.6) is 11.5 Å². The van der Waals surface area contributed by atoms with Gasteiger partial charge in [0, 0.05) is 0 Å². The summed E-state index contributed by atoms with van der Waals surface area (Å²) in [6, 6.07) is 8.17. The van der Waals surface area contributed by atoms with Crippen molar-refractivity contribution in [1.29, 1.82) is 0 Å². The van der Waals surface area contributed by atoms with Crippen LogP contribution in [0, 0.1) is 11.7 Å². The van der Waals surface area contributed by atoms with Gasteiger partial charge in [0.15, 0.2) is 11.5 Å². The molecule has 7 nitrogen and oxygen atoms in total. The first kappa shape index (κ1) is 24.3. The molecule has 0 aliphatic heterocycles. The zero-order valence-corrected chi connectivity index (χ0v) is 19.3. The summed E-state index contributed by atoms with van der Waals surface area (Å²) >= 11 is 3.43. The number of ether oxygens (including phenoxy) is 2. The molecule has 0 fully saturated rings. The van der Waals surface area contributed by atoms with Crippen LogP contribution in [0.3, 0.4) is 0 Å². The Kier molecular flexibility index (Phi) is 8.99. The third kappa shape index (κ3) is 6.52. The first-order valence-electron chi connectivity index (χ1n) is 9.67. The minimum Gasteiger partial charge on any atom is -0.493 e. The molecule has 2 N–H and O–H groups in total. The topological polar surface area (TPSA) is 89.0 Å². The molecule has 166 valence electrons. The Morgan fingerprint density at radius 3 is 2.58 bits per heavy atom. The second-order valence-corrected chi connectivity index (χ2v) is 7.73. The summed E-state index contributed by atoms with van der Waals surface area (Å²) in [5.41, 5.74) is 2.94. The lowest BCUT2D eigenvalue weighted by atomic mass is 10.0. The number of halogens is 2. The fourth-order valence-electron chi connectivity index (χ4n) is 2.74. The predicted octanol–water partition coefficient (Wildman–Crippen LogP) is 3.90. The summed E-state index contributed by atoms with van der Waals surface area (Å²) in [7, 11) is 1.53. The smallest absolute Gasteiger partial charge is 0.262 e. The van der Waals surface area contributed by atoms with Crippen LogP contribution in [0.4, 0.5) is 4.39 Å². The monoisotopic (exact) mass is 493 g/mol. The molecule has 0 saturated heterocycles. The molecule has 0 saturated carbocycles. The van der Waals surface area contributed by atoms with E-state index < -0.39 is 23.7 Å². The number of hydrogen-bond donors (Lipinski definition) is 2. The van der Waals surface area contributed by atoms with Crippen LogP contribution < -0.4 is 20.2 Å². The zero-order chi connectivity index (χ0) is 23.0. The molecular formula is C22H25BrFN3O4. The van der Waals surface area contributed by atoms with E-state index in [1.54, 1.807) is 32.0 Å². The molecule has 0 aromatic heterocycles. The van der Waals surface area contributed by atoms with Gasteiger partial charge in [-0.2, -0.15) is 5.10 Å². The van der Waals surface area contributed by atoms with Gasteiger partial charge in [0.05, 0.1) is 30.0 Å². The molecule has 0 aliphatic carbocycles. The average molecular weight is 494 g/mol. The van der Waals surface area contributed by atoms with Crippen molar-refractivity contribution in [1.82, 2.24) is 10.7 Å². The Morgan fingerprint density at radius 1 is 1.26 bits per heavy atom. The van der Waals surface area contributed by atoms with Crippen LogP contribution in [-0.4, -0.2) is 37.8 Å². The lowest BCUT2D eigenvalue weighted by Crippen LogP contribution is -2.48. The molecule has 0 bridgehead atoms. The van der Waals surface area contributed by atoms with Crippen LogP contribution in [0.2, 0.25) is 0 Å². The van der Waals surface area contributed by atoms with E-state index in [2.05, 4.69) is 31.8 Å². The van der Waals surface area contributed by atoms with Gasteiger partial charge in [0.25, 0.3) is 11.8 Å². The van der Waals surface area contributed by atoms with Gasteiger partial charge in [-0.15, -0.1) is 0 Å². The van der Waals surface area contributed by atoms with Crippen molar-refractivity contribution in [3.63, 3.8) is 0 Å². The van der Waals surface area contributed by atoms with Crippen molar-refractivity contribution < 1.29 is 23.5 Å². The maximum atomic E-state index is 13.8. The molecule has 2 rings (SSSR count). The molecule has 1 atom stereocenters. The highest BCUT2D eigenvalue weighted by Crippen LogP contribution is 2.36. The van der Waals surface area contributed by atoms with E-state index in [0.717, 1.165) is 0 Å². The van der Waals surface area contributed by atoms with Gasteiger partial charge in [0.2, 0.25) is 0 Å². The van der Waals surface area contributed by atoms with Crippen molar-refractivity contribution in [2.45, 2.75) is 26.8 Å². The molecule has 1 unspecified atom stereocenters. The fourth-order valence-corrected chi connectivity index (χ4v) is 3.31. The highest BCUT2D eigenvalue weighted by atomic mass is 79.9. The van der Waals surface area contributed by atoms with Gasteiger partial charge in [-0.05, 0) is 58.6 Å². The molecule has 2 amide bonds. The summed E-state index contributed by atoms with van der Waals surface area (Å²) in [4.78, 5) is 24.9. The minimum atomic E-state index is -0.897. The number of hydrogen-bond acceptors (Lipinski definition) is 5. The van der Waals surface area contributed by atoms with E-state index in [-0.39, 0.29) is 11.5 Å². The van der Waals surface area contributed by atoms with Gasteiger partial charge in [0.1, 0.15) is 11.9 Å². The first-order valence-corrected chi connectivity index (χ1v) is 10.5. The fraction of sp³-hybridized carbons (Fsp3) is 0.318. The molecule has 9 heteroatoms. The lowest BCUT2D eigenvalue weighted by Gasteiger charge is -2.20. The zero-order valence-electron chi connectivity index (χ0n) is 17.7. The predicted molar refractivity (Wildman–Crippen MR) is 120 cm³/mol. The molecule has 0 spiro atoms. The number of nitrogens with one attached hydrogen (secondary N) is 2. The quantitative estimate of drug-likeness (QED) is 0.409.